The third-order valence-corrected chi connectivity index (χ3v) is 3.01. The molecule has 1 aliphatic rings. The third kappa shape index (κ3) is 1.79. The van der Waals surface area contributed by atoms with E-state index in [1.165, 1.54) is 11.1 Å². The van der Waals surface area contributed by atoms with E-state index in [1.54, 1.807) is 4.90 Å². The van der Waals surface area contributed by atoms with Crippen molar-refractivity contribution < 1.29 is 4.79 Å². The second-order valence-electron chi connectivity index (χ2n) is 4.05. The van der Waals surface area contributed by atoms with E-state index in [1.807, 2.05) is 31.2 Å². The molecule has 3 heteroatoms. The van der Waals surface area contributed by atoms with Gasteiger partial charge in [-0.15, -0.1) is 0 Å². The molecule has 1 aromatic rings. The smallest absolute Gasteiger partial charge is 0.240 e. The van der Waals surface area contributed by atoms with Crippen LogP contribution in [0.25, 0.3) is 0 Å². The number of hydrogen-bond donors (Lipinski definition) is 0. The Kier molecular flexibility index (Phi) is 2.91. The first-order chi connectivity index (χ1) is 7.76. The normalized spacial score (nSPS) is 15.4. The van der Waals surface area contributed by atoms with Crippen molar-refractivity contribution in [3.8, 4) is 6.07 Å². The van der Waals surface area contributed by atoms with E-state index >= 15 is 0 Å². The van der Waals surface area contributed by atoms with Crippen LogP contribution < -0.4 is 0 Å². The average Bonchev–Trinajstić information content (AvgIpc) is 2.74. The van der Waals surface area contributed by atoms with E-state index in [4.69, 9.17) is 5.26 Å². The molecule has 16 heavy (non-hydrogen) atoms. The predicted octanol–water partition coefficient (Wildman–Crippen LogP) is 2.08. The maximum atomic E-state index is 12.0. The van der Waals surface area contributed by atoms with Crippen molar-refractivity contribution in [2.45, 2.75) is 26.4 Å². The molecule has 1 amide bonds. The molecule has 0 N–H and O–H groups in total. The van der Waals surface area contributed by atoms with E-state index in [-0.39, 0.29) is 5.91 Å². The zero-order valence-corrected chi connectivity index (χ0v) is 9.31. The summed E-state index contributed by atoms with van der Waals surface area (Å²) >= 11 is 0. The molecule has 0 spiro atoms. The number of benzene rings is 1. The van der Waals surface area contributed by atoms with Gasteiger partial charge in [0.1, 0.15) is 5.92 Å². The van der Waals surface area contributed by atoms with Gasteiger partial charge in [0.25, 0.3) is 0 Å². The van der Waals surface area contributed by atoms with Gasteiger partial charge in [0.15, 0.2) is 0 Å². The molecule has 1 unspecified atom stereocenters. The van der Waals surface area contributed by atoms with Gasteiger partial charge in [0, 0.05) is 13.1 Å². The standard InChI is InChI=1S/C13H14N2O/c1-2-10(7-14)13(16)15-8-11-5-3-4-6-12(11)9-15/h3-6,10H,2,8-9H2,1H3. The molecule has 1 aromatic carbocycles. The highest BCUT2D eigenvalue weighted by molar-refractivity contribution is 5.81. The Morgan fingerprint density at radius 2 is 2.00 bits per heavy atom. The number of nitriles is 1. The second-order valence-corrected chi connectivity index (χ2v) is 4.05. The molecule has 1 aliphatic heterocycles. The van der Waals surface area contributed by atoms with Gasteiger partial charge >= 0.3 is 0 Å². The minimum absolute atomic E-state index is 0.0406. The molecule has 82 valence electrons. The summed E-state index contributed by atoms with van der Waals surface area (Å²) in [5.41, 5.74) is 2.40. The minimum Gasteiger partial charge on any atom is -0.333 e. The van der Waals surface area contributed by atoms with E-state index in [0.29, 0.717) is 19.5 Å². The first kappa shape index (κ1) is 10.7. The number of carbonyl (C=O) groups excluding carboxylic acids is 1. The van der Waals surface area contributed by atoms with Crippen LogP contribution in [0.4, 0.5) is 0 Å². The van der Waals surface area contributed by atoms with E-state index < -0.39 is 5.92 Å². The summed E-state index contributed by atoms with van der Waals surface area (Å²) in [5.74, 6) is -0.532. The van der Waals surface area contributed by atoms with Gasteiger partial charge in [-0.25, -0.2) is 0 Å². The number of hydrogen-bond acceptors (Lipinski definition) is 2. The second kappa shape index (κ2) is 4.36. The van der Waals surface area contributed by atoms with Gasteiger partial charge in [-0.1, -0.05) is 31.2 Å². The quantitative estimate of drug-likeness (QED) is 0.756. The van der Waals surface area contributed by atoms with Gasteiger partial charge in [0.05, 0.1) is 6.07 Å². The highest BCUT2D eigenvalue weighted by atomic mass is 16.2. The molecule has 1 atom stereocenters. The van der Waals surface area contributed by atoms with Crippen LogP contribution in [-0.2, 0) is 17.9 Å². The Labute approximate surface area is 95.3 Å². The maximum absolute atomic E-state index is 12.0. The average molecular weight is 214 g/mol. The van der Waals surface area contributed by atoms with Gasteiger partial charge in [-0.2, -0.15) is 5.26 Å². The van der Waals surface area contributed by atoms with Gasteiger partial charge in [-0.05, 0) is 17.5 Å². The maximum Gasteiger partial charge on any atom is 0.240 e. The lowest BCUT2D eigenvalue weighted by Gasteiger charge is -2.17. The lowest BCUT2D eigenvalue weighted by Crippen LogP contribution is -2.31. The molecule has 0 bridgehead atoms. The molecule has 0 fully saturated rings. The Hall–Kier alpha value is -1.82. The number of nitrogens with zero attached hydrogens (tertiary/aromatic N) is 2. The van der Waals surface area contributed by atoms with Crippen molar-refractivity contribution in [2.24, 2.45) is 5.92 Å². The molecule has 0 saturated carbocycles. The topological polar surface area (TPSA) is 44.1 Å². The first-order valence-electron chi connectivity index (χ1n) is 5.51. The van der Waals surface area contributed by atoms with Crippen LogP contribution in [0.15, 0.2) is 24.3 Å². The molecule has 0 aliphatic carbocycles. The van der Waals surface area contributed by atoms with E-state index in [9.17, 15) is 4.79 Å². The molecule has 0 aromatic heterocycles. The number of fused-ring (bicyclic) bond motifs is 1. The van der Waals surface area contributed by atoms with Crippen LogP contribution in [0, 0.1) is 17.2 Å². The van der Waals surface area contributed by atoms with Crippen molar-refractivity contribution in [1.82, 2.24) is 4.90 Å². The SMILES string of the molecule is CCC(C#N)C(=O)N1Cc2ccccc2C1. The van der Waals surface area contributed by atoms with Crippen LogP contribution >= 0.6 is 0 Å². The molecular formula is C13H14N2O. The van der Waals surface area contributed by atoms with Crippen molar-refractivity contribution in [2.75, 3.05) is 0 Å². The van der Waals surface area contributed by atoms with Crippen LogP contribution in [0.3, 0.4) is 0 Å². The molecular weight excluding hydrogens is 200 g/mol. The highest BCUT2D eigenvalue weighted by Gasteiger charge is 2.27. The van der Waals surface area contributed by atoms with Crippen LogP contribution in [0.1, 0.15) is 24.5 Å². The van der Waals surface area contributed by atoms with E-state index in [0.717, 1.165) is 0 Å². The summed E-state index contributed by atoms with van der Waals surface area (Å²) in [6.07, 6.45) is 0.585. The summed E-state index contributed by atoms with van der Waals surface area (Å²) in [4.78, 5) is 13.7. The van der Waals surface area contributed by atoms with Gasteiger partial charge in [0.2, 0.25) is 5.91 Å². The molecule has 3 nitrogen and oxygen atoms in total. The Balaban J connectivity index is 2.12. The fourth-order valence-corrected chi connectivity index (χ4v) is 2.03. The number of amides is 1. The fraction of sp³-hybridized carbons (Fsp3) is 0.385. The summed E-state index contributed by atoms with van der Waals surface area (Å²) in [5, 5.41) is 8.88. The Bertz CT molecular complexity index is 422. The number of rotatable bonds is 2. The Morgan fingerprint density at radius 3 is 2.44 bits per heavy atom. The summed E-state index contributed by atoms with van der Waals surface area (Å²) in [6.45, 7) is 3.16. The van der Waals surface area contributed by atoms with Crippen molar-refractivity contribution in [3.05, 3.63) is 35.4 Å². The van der Waals surface area contributed by atoms with Crippen molar-refractivity contribution in [1.29, 1.82) is 5.26 Å². The first-order valence-corrected chi connectivity index (χ1v) is 5.51. The van der Waals surface area contributed by atoms with Crippen molar-refractivity contribution in [3.63, 3.8) is 0 Å². The van der Waals surface area contributed by atoms with Gasteiger partial charge in [-0.3, -0.25) is 4.79 Å². The molecule has 0 saturated heterocycles. The summed E-state index contributed by atoms with van der Waals surface area (Å²) in [7, 11) is 0. The van der Waals surface area contributed by atoms with Crippen molar-refractivity contribution >= 4 is 5.91 Å². The minimum atomic E-state index is -0.491. The van der Waals surface area contributed by atoms with Crippen LogP contribution in [0.2, 0.25) is 0 Å². The lowest BCUT2D eigenvalue weighted by molar-refractivity contribution is -0.134. The zero-order valence-electron chi connectivity index (χ0n) is 9.31. The van der Waals surface area contributed by atoms with Crippen LogP contribution in [-0.4, -0.2) is 10.8 Å². The molecule has 1 heterocycles. The van der Waals surface area contributed by atoms with Crippen LogP contribution in [0.5, 0.6) is 0 Å². The zero-order chi connectivity index (χ0) is 11.5. The largest absolute Gasteiger partial charge is 0.333 e. The highest BCUT2D eigenvalue weighted by Crippen LogP contribution is 2.24. The predicted molar refractivity (Wildman–Crippen MR) is 60.1 cm³/mol. The third-order valence-electron chi connectivity index (χ3n) is 3.01. The lowest BCUT2D eigenvalue weighted by atomic mass is 10.1. The van der Waals surface area contributed by atoms with Gasteiger partial charge < -0.3 is 4.90 Å². The Morgan fingerprint density at radius 1 is 1.44 bits per heavy atom. The van der Waals surface area contributed by atoms with E-state index in [2.05, 4.69) is 6.07 Å². The molecule has 0 radical (unpaired) electrons. The number of carbonyl (C=O) groups is 1. The fourth-order valence-electron chi connectivity index (χ4n) is 2.03. The monoisotopic (exact) mass is 214 g/mol. The summed E-state index contributed by atoms with van der Waals surface area (Å²) in [6, 6.07) is 10.1. The summed E-state index contributed by atoms with van der Waals surface area (Å²) < 4.78 is 0. The molecule has 2 rings (SSSR count).